The van der Waals surface area contributed by atoms with Gasteiger partial charge in [-0.3, -0.25) is 4.79 Å². The van der Waals surface area contributed by atoms with Crippen LogP contribution in [0.15, 0.2) is 46.5 Å². The number of nitrogens with one attached hydrogen (secondary N) is 1. The first kappa shape index (κ1) is 13.5. The molecule has 110 valence electrons. The number of carbonyl (C=O) groups excluding carboxylic acids is 1. The largest absolute Gasteiger partial charge is 0.349 e. The number of carbonyl (C=O) groups is 1. The van der Waals surface area contributed by atoms with Gasteiger partial charge in [-0.1, -0.05) is 12.1 Å². The third-order valence-corrected chi connectivity index (χ3v) is 5.35. The Balaban J connectivity index is 1.71. The molecule has 0 fully saturated rings. The molecule has 3 aromatic rings. The molecule has 4 nitrogen and oxygen atoms in total. The van der Waals surface area contributed by atoms with E-state index in [-0.39, 0.29) is 12.1 Å². The van der Waals surface area contributed by atoms with Crippen LogP contribution in [0.3, 0.4) is 0 Å². The SMILES string of the molecule is CN1c2ccccc2C(=O)N[C@@H]1c1csc(-c2ccsc2)n1. The van der Waals surface area contributed by atoms with Crippen molar-refractivity contribution in [2.45, 2.75) is 6.17 Å². The summed E-state index contributed by atoms with van der Waals surface area (Å²) in [5.41, 5.74) is 3.64. The normalized spacial score (nSPS) is 17.2. The number of thiophene rings is 1. The second-order valence-corrected chi connectivity index (χ2v) is 6.73. The van der Waals surface area contributed by atoms with Gasteiger partial charge in [0.25, 0.3) is 5.91 Å². The van der Waals surface area contributed by atoms with Crippen LogP contribution in [0, 0.1) is 0 Å². The van der Waals surface area contributed by atoms with Crippen molar-refractivity contribution in [1.29, 1.82) is 0 Å². The zero-order valence-corrected chi connectivity index (χ0v) is 13.4. The molecule has 6 heteroatoms. The van der Waals surface area contributed by atoms with E-state index in [0.29, 0.717) is 5.56 Å². The third-order valence-electron chi connectivity index (χ3n) is 3.75. The highest BCUT2D eigenvalue weighted by molar-refractivity contribution is 7.14. The Morgan fingerprint density at radius 3 is 2.91 bits per heavy atom. The lowest BCUT2D eigenvalue weighted by Gasteiger charge is -2.35. The van der Waals surface area contributed by atoms with Gasteiger partial charge in [0.05, 0.1) is 16.9 Å². The number of nitrogens with zero attached hydrogens (tertiary/aromatic N) is 2. The Hall–Kier alpha value is -2.18. The summed E-state index contributed by atoms with van der Waals surface area (Å²) in [6, 6.07) is 9.70. The average Bonchev–Trinajstić information content (AvgIpc) is 3.21. The number of para-hydroxylation sites is 1. The first-order valence-electron chi connectivity index (χ1n) is 6.85. The zero-order valence-electron chi connectivity index (χ0n) is 11.8. The lowest BCUT2D eigenvalue weighted by molar-refractivity contribution is 0.0927. The lowest BCUT2D eigenvalue weighted by Crippen LogP contribution is -2.44. The van der Waals surface area contributed by atoms with Crippen LogP contribution in [0.5, 0.6) is 0 Å². The van der Waals surface area contributed by atoms with Crippen molar-refractivity contribution >= 4 is 34.3 Å². The highest BCUT2D eigenvalue weighted by Crippen LogP contribution is 2.34. The first-order chi connectivity index (χ1) is 10.7. The monoisotopic (exact) mass is 327 g/mol. The van der Waals surface area contributed by atoms with E-state index in [1.807, 2.05) is 42.1 Å². The van der Waals surface area contributed by atoms with Gasteiger partial charge < -0.3 is 10.2 Å². The van der Waals surface area contributed by atoms with Gasteiger partial charge in [0.2, 0.25) is 0 Å². The smallest absolute Gasteiger partial charge is 0.255 e. The lowest BCUT2D eigenvalue weighted by atomic mass is 10.1. The Morgan fingerprint density at radius 2 is 2.09 bits per heavy atom. The fourth-order valence-corrected chi connectivity index (χ4v) is 4.16. The van der Waals surface area contributed by atoms with E-state index < -0.39 is 0 Å². The molecule has 1 aromatic carbocycles. The van der Waals surface area contributed by atoms with E-state index in [0.717, 1.165) is 22.0 Å². The molecule has 1 atom stereocenters. The van der Waals surface area contributed by atoms with Gasteiger partial charge in [0.15, 0.2) is 0 Å². The predicted molar refractivity (Wildman–Crippen MR) is 90.5 cm³/mol. The molecule has 4 rings (SSSR count). The second-order valence-electron chi connectivity index (χ2n) is 5.09. The molecule has 1 amide bonds. The van der Waals surface area contributed by atoms with Crippen LogP contribution in [0.4, 0.5) is 5.69 Å². The highest BCUT2D eigenvalue weighted by atomic mass is 32.1. The summed E-state index contributed by atoms with van der Waals surface area (Å²) in [6.07, 6.45) is -0.231. The molecule has 22 heavy (non-hydrogen) atoms. The van der Waals surface area contributed by atoms with Gasteiger partial charge >= 0.3 is 0 Å². The van der Waals surface area contributed by atoms with Gasteiger partial charge in [0, 0.05) is 23.4 Å². The van der Waals surface area contributed by atoms with Crippen molar-refractivity contribution in [3.8, 4) is 10.6 Å². The van der Waals surface area contributed by atoms with Crippen LogP contribution in [0.2, 0.25) is 0 Å². The van der Waals surface area contributed by atoms with E-state index in [2.05, 4.69) is 21.7 Å². The molecule has 2 aromatic heterocycles. The van der Waals surface area contributed by atoms with Crippen molar-refractivity contribution < 1.29 is 4.79 Å². The van der Waals surface area contributed by atoms with Crippen LogP contribution in [0.25, 0.3) is 10.6 Å². The molecule has 1 N–H and O–H groups in total. The number of anilines is 1. The van der Waals surface area contributed by atoms with Crippen molar-refractivity contribution in [3.05, 3.63) is 57.7 Å². The van der Waals surface area contributed by atoms with Crippen LogP contribution in [-0.2, 0) is 0 Å². The van der Waals surface area contributed by atoms with E-state index >= 15 is 0 Å². The standard InChI is InChI=1S/C16H13N3OS2/c1-19-13-5-3-2-4-11(13)15(20)18-14(19)12-9-22-16(17-12)10-6-7-21-8-10/h2-9,14H,1H3,(H,18,20)/t14-/m0/s1. The molecule has 0 bridgehead atoms. The maximum atomic E-state index is 12.3. The number of thiazole rings is 1. The number of hydrogen-bond acceptors (Lipinski definition) is 5. The molecule has 3 heterocycles. The number of rotatable bonds is 2. The maximum Gasteiger partial charge on any atom is 0.255 e. The molecule has 0 unspecified atom stereocenters. The molecular formula is C16H13N3OS2. The Labute approximate surface area is 136 Å². The minimum Gasteiger partial charge on any atom is -0.349 e. The Bertz CT molecular complexity index is 826. The molecular weight excluding hydrogens is 314 g/mol. The summed E-state index contributed by atoms with van der Waals surface area (Å²) in [6.45, 7) is 0. The van der Waals surface area contributed by atoms with E-state index in [9.17, 15) is 4.79 Å². The van der Waals surface area contributed by atoms with Crippen LogP contribution in [-0.4, -0.2) is 17.9 Å². The summed E-state index contributed by atoms with van der Waals surface area (Å²) < 4.78 is 0. The fourth-order valence-electron chi connectivity index (χ4n) is 2.61. The van der Waals surface area contributed by atoms with Crippen molar-refractivity contribution in [1.82, 2.24) is 10.3 Å². The average molecular weight is 327 g/mol. The molecule has 0 saturated heterocycles. The molecule has 1 aliphatic rings. The summed E-state index contributed by atoms with van der Waals surface area (Å²) in [4.78, 5) is 19.1. The molecule has 0 saturated carbocycles. The van der Waals surface area contributed by atoms with Gasteiger partial charge in [-0.15, -0.1) is 11.3 Å². The fraction of sp³-hybridized carbons (Fsp3) is 0.125. The van der Waals surface area contributed by atoms with Gasteiger partial charge in [-0.2, -0.15) is 11.3 Å². The van der Waals surface area contributed by atoms with Gasteiger partial charge in [-0.25, -0.2) is 4.98 Å². The van der Waals surface area contributed by atoms with Crippen molar-refractivity contribution in [3.63, 3.8) is 0 Å². The number of aromatic nitrogens is 1. The van der Waals surface area contributed by atoms with Gasteiger partial charge in [-0.05, 0) is 23.6 Å². The topological polar surface area (TPSA) is 45.2 Å². The number of hydrogen-bond donors (Lipinski definition) is 1. The zero-order chi connectivity index (χ0) is 15.1. The summed E-state index contributed by atoms with van der Waals surface area (Å²) in [5, 5.41) is 10.2. The predicted octanol–water partition coefficient (Wildman–Crippen LogP) is 3.75. The minimum absolute atomic E-state index is 0.0521. The summed E-state index contributed by atoms with van der Waals surface area (Å²) in [5.74, 6) is -0.0521. The maximum absolute atomic E-state index is 12.3. The Kier molecular flexibility index (Phi) is 3.20. The van der Waals surface area contributed by atoms with Crippen LogP contribution in [0.1, 0.15) is 22.2 Å². The van der Waals surface area contributed by atoms with Crippen molar-refractivity contribution in [2.75, 3.05) is 11.9 Å². The minimum atomic E-state index is -0.231. The van der Waals surface area contributed by atoms with Crippen molar-refractivity contribution in [2.24, 2.45) is 0 Å². The second kappa shape index (κ2) is 5.23. The van der Waals surface area contributed by atoms with Gasteiger partial charge in [0.1, 0.15) is 11.2 Å². The van der Waals surface area contributed by atoms with E-state index in [1.54, 1.807) is 22.7 Å². The molecule has 0 aliphatic carbocycles. The molecule has 0 radical (unpaired) electrons. The third kappa shape index (κ3) is 2.12. The van der Waals surface area contributed by atoms with E-state index in [1.165, 1.54) is 0 Å². The number of fused-ring (bicyclic) bond motifs is 1. The van der Waals surface area contributed by atoms with Crippen LogP contribution < -0.4 is 10.2 Å². The molecule has 1 aliphatic heterocycles. The Morgan fingerprint density at radius 1 is 1.23 bits per heavy atom. The molecule has 0 spiro atoms. The number of benzene rings is 1. The first-order valence-corrected chi connectivity index (χ1v) is 8.67. The number of amides is 1. The quantitative estimate of drug-likeness (QED) is 0.780. The highest BCUT2D eigenvalue weighted by Gasteiger charge is 2.30. The van der Waals surface area contributed by atoms with Crippen LogP contribution >= 0.6 is 22.7 Å². The van der Waals surface area contributed by atoms with E-state index in [4.69, 9.17) is 4.98 Å². The summed E-state index contributed by atoms with van der Waals surface area (Å²) in [7, 11) is 1.98. The summed E-state index contributed by atoms with van der Waals surface area (Å²) >= 11 is 3.26.